The fraction of sp³-hybridized carbons (Fsp3) is 0.375. The molecule has 0 bridgehead atoms. The number of rotatable bonds is 6. The monoisotopic (exact) mass is 464 g/mol. The van der Waals surface area contributed by atoms with Crippen LogP contribution in [0.2, 0.25) is 5.02 Å². The molecule has 9 heteroatoms. The summed E-state index contributed by atoms with van der Waals surface area (Å²) >= 11 is 6.15. The molecule has 2 aliphatic carbocycles. The van der Waals surface area contributed by atoms with E-state index in [0.29, 0.717) is 27.7 Å². The first-order valence-corrected chi connectivity index (χ1v) is 11.6. The van der Waals surface area contributed by atoms with Gasteiger partial charge in [-0.3, -0.25) is 9.59 Å². The second-order valence-electron chi connectivity index (χ2n) is 8.91. The molecule has 0 spiro atoms. The van der Waals surface area contributed by atoms with Crippen molar-refractivity contribution in [1.29, 1.82) is 0 Å². The van der Waals surface area contributed by atoms with Gasteiger partial charge in [-0.2, -0.15) is 0 Å². The minimum Gasteiger partial charge on any atom is -0.339 e. The van der Waals surface area contributed by atoms with E-state index >= 15 is 0 Å². The lowest BCUT2D eigenvalue weighted by atomic mass is 9.94. The number of aromatic nitrogens is 4. The fourth-order valence-electron chi connectivity index (χ4n) is 4.73. The van der Waals surface area contributed by atoms with Crippen molar-refractivity contribution in [3.05, 3.63) is 58.6 Å². The number of nitrogens with one attached hydrogen (secondary N) is 2. The lowest BCUT2D eigenvalue weighted by Crippen LogP contribution is -2.35. The van der Waals surface area contributed by atoms with E-state index in [1.807, 2.05) is 30.1 Å². The minimum absolute atomic E-state index is 0.0798. The summed E-state index contributed by atoms with van der Waals surface area (Å²) in [5.41, 5.74) is 1.98. The number of aromatic amines is 1. The Morgan fingerprint density at radius 2 is 1.94 bits per heavy atom. The van der Waals surface area contributed by atoms with Crippen LogP contribution in [0.25, 0.3) is 11.4 Å². The number of nitrogens with zero attached hydrogens (tertiary/aromatic N) is 4. The van der Waals surface area contributed by atoms with Gasteiger partial charge in [0.2, 0.25) is 5.91 Å². The Kier molecular flexibility index (Phi) is 5.62. The molecule has 170 valence electrons. The molecule has 2 saturated carbocycles. The van der Waals surface area contributed by atoms with E-state index in [4.69, 9.17) is 11.6 Å². The van der Waals surface area contributed by atoms with Crippen LogP contribution >= 0.6 is 11.6 Å². The number of hydrogen-bond acceptors (Lipinski definition) is 5. The Hall–Kier alpha value is -3.26. The van der Waals surface area contributed by atoms with Gasteiger partial charge in [0.05, 0.1) is 11.0 Å². The maximum absolute atomic E-state index is 13.3. The van der Waals surface area contributed by atoms with Gasteiger partial charge in [0.25, 0.3) is 5.91 Å². The summed E-state index contributed by atoms with van der Waals surface area (Å²) in [7, 11) is 1.85. The molecular formula is C24H25ClN6O2. The third kappa shape index (κ3) is 4.11. The largest absolute Gasteiger partial charge is 0.339 e. The molecular weight excluding hydrogens is 440 g/mol. The molecule has 33 heavy (non-hydrogen) atoms. The Morgan fingerprint density at radius 3 is 2.61 bits per heavy atom. The van der Waals surface area contributed by atoms with Gasteiger partial charge in [0.15, 0.2) is 5.82 Å². The number of carbonyl (C=O) groups excluding carboxylic acids is 2. The number of carbonyl (C=O) groups is 2. The summed E-state index contributed by atoms with van der Waals surface area (Å²) in [6, 6.07) is 12.9. The van der Waals surface area contributed by atoms with Crippen LogP contribution in [0.1, 0.15) is 54.4 Å². The number of anilines is 1. The van der Waals surface area contributed by atoms with Gasteiger partial charge in [0.1, 0.15) is 0 Å². The van der Waals surface area contributed by atoms with Crippen molar-refractivity contribution in [2.24, 2.45) is 0 Å². The first kappa shape index (κ1) is 21.6. The van der Waals surface area contributed by atoms with Gasteiger partial charge in [0, 0.05) is 29.4 Å². The standard InChI is InChI=1S/C24H25ClN6O2/c1-31(18-7-2-3-8-18)22(32)19-10-9-17(14-20(19)21-27-29-30-28-21)26-23(33)24(11-12-24)15-5-4-6-16(25)13-15/h4-6,9-10,13-14,18H,2-3,7-8,11-12H2,1H3,(H,26,33)(H,27,28,29,30). The highest BCUT2D eigenvalue weighted by molar-refractivity contribution is 6.30. The van der Waals surface area contributed by atoms with Crippen LogP contribution in [0.15, 0.2) is 42.5 Å². The van der Waals surface area contributed by atoms with E-state index in [9.17, 15) is 9.59 Å². The van der Waals surface area contributed by atoms with Crippen molar-refractivity contribution in [2.45, 2.75) is 50.0 Å². The van der Waals surface area contributed by atoms with Crippen molar-refractivity contribution in [3.63, 3.8) is 0 Å². The smallest absolute Gasteiger partial charge is 0.254 e. The number of tetrazole rings is 1. The topological polar surface area (TPSA) is 104 Å². The lowest BCUT2D eigenvalue weighted by molar-refractivity contribution is -0.118. The van der Waals surface area contributed by atoms with Crippen LogP contribution in [0.5, 0.6) is 0 Å². The van der Waals surface area contributed by atoms with Crippen molar-refractivity contribution < 1.29 is 9.59 Å². The molecule has 8 nitrogen and oxygen atoms in total. The van der Waals surface area contributed by atoms with Gasteiger partial charge < -0.3 is 10.2 Å². The SMILES string of the molecule is CN(C(=O)c1ccc(NC(=O)C2(c3cccc(Cl)c3)CC2)cc1-c1nnn[nH]1)C1CCCC1. The predicted molar refractivity (Wildman–Crippen MR) is 125 cm³/mol. The van der Waals surface area contributed by atoms with Crippen molar-refractivity contribution in [1.82, 2.24) is 25.5 Å². The highest BCUT2D eigenvalue weighted by Gasteiger charge is 2.51. The zero-order valence-corrected chi connectivity index (χ0v) is 19.1. The molecule has 0 aliphatic heterocycles. The number of amides is 2. The normalized spacial score (nSPS) is 17.0. The second-order valence-corrected chi connectivity index (χ2v) is 9.35. The Balaban J connectivity index is 1.43. The summed E-state index contributed by atoms with van der Waals surface area (Å²) in [6.45, 7) is 0. The summed E-state index contributed by atoms with van der Waals surface area (Å²) in [5, 5.41) is 17.7. The molecule has 2 fully saturated rings. The van der Waals surface area contributed by atoms with Crippen LogP contribution < -0.4 is 5.32 Å². The van der Waals surface area contributed by atoms with Crippen molar-refractivity contribution in [3.8, 4) is 11.4 Å². The molecule has 2 aliphatic rings. The van der Waals surface area contributed by atoms with E-state index in [1.54, 1.807) is 24.3 Å². The molecule has 1 aromatic heterocycles. The van der Waals surface area contributed by atoms with Crippen LogP contribution in [0.4, 0.5) is 5.69 Å². The average Bonchev–Trinajstić information content (AvgIpc) is 3.20. The molecule has 2 N–H and O–H groups in total. The highest BCUT2D eigenvalue weighted by Crippen LogP contribution is 2.49. The number of benzene rings is 2. The maximum Gasteiger partial charge on any atom is 0.254 e. The van der Waals surface area contributed by atoms with Gasteiger partial charge >= 0.3 is 0 Å². The van der Waals surface area contributed by atoms with Crippen molar-refractivity contribution in [2.75, 3.05) is 12.4 Å². The number of halogens is 1. The molecule has 2 amide bonds. The lowest BCUT2D eigenvalue weighted by Gasteiger charge is -2.25. The number of H-pyrrole nitrogens is 1. The van der Waals surface area contributed by atoms with Gasteiger partial charge in [-0.1, -0.05) is 36.6 Å². The van der Waals surface area contributed by atoms with Gasteiger partial charge in [-0.05, 0) is 72.0 Å². The summed E-state index contributed by atoms with van der Waals surface area (Å²) < 4.78 is 0. The van der Waals surface area contributed by atoms with E-state index < -0.39 is 5.41 Å². The zero-order valence-electron chi connectivity index (χ0n) is 18.3. The second kappa shape index (κ2) is 8.59. The molecule has 2 aromatic carbocycles. The average molecular weight is 465 g/mol. The van der Waals surface area contributed by atoms with Crippen LogP contribution in [-0.2, 0) is 10.2 Å². The van der Waals surface area contributed by atoms with E-state index in [-0.39, 0.29) is 17.9 Å². The molecule has 5 rings (SSSR count). The highest BCUT2D eigenvalue weighted by atomic mass is 35.5. The van der Waals surface area contributed by atoms with Gasteiger partial charge in [-0.15, -0.1) is 5.10 Å². The predicted octanol–water partition coefficient (Wildman–Crippen LogP) is 4.21. The summed E-state index contributed by atoms with van der Waals surface area (Å²) in [4.78, 5) is 28.4. The first-order valence-electron chi connectivity index (χ1n) is 11.2. The molecule has 0 unspecified atom stereocenters. The molecule has 0 radical (unpaired) electrons. The number of hydrogen-bond donors (Lipinski definition) is 2. The third-order valence-electron chi connectivity index (χ3n) is 6.86. The minimum atomic E-state index is -0.573. The fourth-order valence-corrected chi connectivity index (χ4v) is 4.92. The van der Waals surface area contributed by atoms with E-state index in [1.165, 1.54) is 0 Å². The summed E-state index contributed by atoms with van der Waals surface area (Å²) in [5.74, 6) is 0.211. The Labute approximate surface area is 196 Å². The first-order chi connectivity index (χ1) is 16.0. The quantitative estimate of drug-likeness (QED) is 0.568. The van der Waals surface area contributed by atoms with Crippen molar-refractivity contribution >= 4 is 29.1 Å². The Bertz CT molecular complexity index is 1190. The van der Waals surface area contributed by atoms with Crippen LogP contribution in [0.3, 0.4) is 0 Å². The molecule has 3 aromatic rings. The maximum atomic E-state index is 13.3. The third-order valence-corrected chi connectivity index (χ3v) is 7.10. The van der Waals surface area contributed by atoms with Crippen LogP contribution in [0, 0.1) is 0 Å². The molecule has 1 heterocycles. The van der Waals surface area contributed by atoms with Crippen LogP contribution in [-0.4, -0.2) is 50.4 Å². The summed E-state index contributed by atoms with van der Waals surface area (Å²) in [6.07, 6.45) is 5.84. The van der Waals surface area contributed by atoms with E-state index in [2.05, 4.69) is 25.9 Å². The van der Waals surface area contributed by atoms with E-state index in [0.717, 1.165) is 44.1 Å². The zero-order chi connectivity index (χ0) is 23.0. The molecule has 0 saturated heterocycles. The Morgan fingerprint density at radius 1 is 1.15 bits per heavy atom. The van der Waals surface area contributed by atoms with Gasteiger partial charge in [-0.25, -0.2) is 5.10 Å². The molecule has 0 atom stereocenters.